The van der Waals surface area contributed by atoms with Gasteiger partial charge in [-0.15, -0.1) is 0 Å². The summed E-state index contributed by atoms with van der Waals surface area (Å²) in [5.41, 5.74) is 6.72. The molecule has 3 nitrogen and oxygen atoms in total. The lowest BCUT2D eigenvalue weighted by molar-refractivity contribution is 0.138. The van der Waals surface area contributed by atoms with Crippen LogP contribution in [0.1, 0.15) is 12.2 Å². The Hall–Kier alpha value is -1.91. The van der Waals surface area contributed by atoms with Crippen LogP contribution in [0.4, 0.5) is 14.5 Å². The molecule has 0 saturated heterocycles. The quantitative estimate of drug-likeness (QED) is 0.772. The zero-order valence-corrected chi connectivity index (χ0v) is 7.77. The predicted molar refractivity (Wildman–Crippen MR) is 52.9 cm³/mol. The molecule has 2 aromatic rings. The molecule has 0 radical (unpaired) electrons. The fourth-order valence-corrected chi connectivity index (χ4v) is 1.33. The second-order valence-corrected chi connectivity index (χ2v) is 3.05. The summed E-state index contributed by atoms with van der Waals surface area (Å²) in [6, 6.07) is 6.65. The van der Waals surface area contributed by atoms with Crippen LogP contribution in [0.5, 0.6) is 0 Å². The van der Waals surface area contributed by atoms with Gasteiger partial charge in [-0.2, -0.15) is 0 Å². The Bertz CT molecular complexity index is 448. The number of anilines is 1. The van der Waals surface area contributed by atoms with Crippen LogP contribution in [0.2, 0.25) is 0 Å². The van der Waals surface area contributed by atoms with Gasteiger partial charge in [0.2, 0.25) is 0 Å². The number of benzene rings is 1. The zero-order valence-electron chi connectivity index (χ0n) is 7.77. The molecular formula is C10H9F2N3. The lowest BCUT2D eigenvalue weighted by atomic mass is 10.3. The van der Waals surface area contributed by atoms with Crippen molar-refractivity contribution in [3.05, 3.63) is 42.5 Å². The van der Waals surface area contributed by atoms with Gasteiger partial charge in [-0.1, -0.05) is 0 Å². The molecule has 5 heteroatoms. The molecule has 0 bridgehead atoms. The standard InChI is InChI=1S/C10H9F2N3/c11-9(12)10-14-5-6-15(10)8-3-1-7(13)2-4-8/h1-6,9H,13H2. The molecule has 0 atom stereocenters. The monoisotopic (exact) mass is 209 g/mol. The van der Waals surface area contributed by atoms with E-state index in [9.17, 15) is 8.78 Å². The van der Waals surface area contributed by atoms with Gasteiger partial charge in [-0.05, 0) is 24.3 Å². The maximum atomic E-state index is 12.5. The Morgan fingerprint density at radius 2 is 1.87 bits per heavy atom. The van der Waals surface area contributed by atoms with Crippen LogP contribution in [0.15, 0.2) is 36.7 Å². The highest BCUT2D eigenvalue weighted by Gasteiger charge is 2.14. The molecule has 0 unspecified atom stereocenters. The third-order valence-corrected chi connectivity index (χ3v) is 2.04. The van der Waals surface area contributed by atoms with Gasteiger partial charge in [0.25, 0.3) is 6.43 Å². The molecule has 15 heavy (non-hydrogen) atoms. The minimum absolute atomic E-state index is 0.264. The summed E-state index contributed by atoms with van der Waals surface area (Å²) in [5.74, 6) is -0.264. The number of hydrogen-bond acceptors (Lipinski definition) is 2. The molecule has 0 amide bonds. The number of aromatic nitrogens is 2. The van der Waals surface area contributed by atoms with Crippen molar-refractivity contribution in [2.45, 2.75) is 6.43 Å². The highest BCUT2D eigenvalue weighted by Crippen LogP contribution is 2.20. The van der Waals surface area contributed by atoms with Crippen molar-refractivity contribution in [3.63, 3.8) is 0 Å². The third kappa shape index (κ3) is 1.81. The van der Waals surface area contributed by atoms with Crippen LogP contribution in [-0.2, 0) is 0 Å². The summed E-state index contributed by atoms with van der Waals surface area (Å²) >= 11 is 0. The van der Waals surface area contributed by atoms with Crippen molar-refractivity contribution in [1.29, 1.82) is 0 Å². The van der Waals surface area contributed by atoms with E-state index in [-0.39, 0.29) is 5.82 Å². The molecule has 0 spiro atoms. The van der Waals surface area contributed by atoms with Crippen LogP contribution in [0.3, 0.4) is 0 Å². The summed E-state index contributed by atoms with van der Waals surface area (Å²) in [6.07, 6.45) is 0.253. The first-order chi connectivity index (χ1) is 7.18. The normalized spacial score (nSPS) is 10.9. The van der Waals surface area contributed by atoms with E-state index in [1.807, 2.05) is 0 Å². The van der Waals surface area contributed by atoms with Crippen molar-refractivity contribution in [2.75, 3.05) is 5.73 Å². The highest BCUT2D eigenvalue weighted by atomic mass is 19.3. The number of imidazole rings is 1. The van der Waals surface area contributed by atoms with Crippen LogP contribution < -0.4 is 5.73 Å². The van der Waals surface area contributed by atoms with Crippen molar-refractivity contribution < 1.29 is 8.78 Å². The van der Waals surface area contributed by atoms with Crippen molar-refractivity contribution in [1.82, 2.24) is 9.55 Å². The van der Waals surface area contributed by atoms with Crippen LogP contribution in [-0.4, -0.2) is 9.55 Å². The van der Waals surface area contributed by atoms with Crippen molar-refractivity contribution >= 4 is 5.69 Å². The summed E-state index contributed by atoms with van der Waals surface area (Å²) in [5, 5.41) is 0. The van der Waals surface area contributed by atoms with E-state index < -0.39 is 6.43 Å². The average molecular weight is 209 g/mol. The second kappa shape index (κ2) is 3.68. The molecule has 0 fully saturated rings. The van der Waals surface area contributed by atoms with Gasteiger partial charge in [-0.3, -0.25) is 4.57 Å². The van der Waals surface area contributed by atoms with E-state index in [2.05, 4.69) is 4.98 Å². The van der Waals surface area contributed by atoms with Crippen LogP contribution in [0, 0.1) is 0 Å². The lowest BCUT2D eigenvalue weighted by Gasteiger charge is -2.06. The van der Waals surface area contributed by atoms with Crippen LogP contribution in [0.25, 0.3) is 5.69 Å². The molecule has 78 valence electrons. The minimum Gasteiger partial charge on any atom is -0.399 e. The van der Waals surface area contributed by atoms with Gasteiger partial charge in [0.1, 0.15) is 0 Å². The Kier molecular flexibility index (Phi) is 2.37. The summed E-state index contributed by atoms with van der Waals surface area (Å²) in [4.78, 5) is 3.60. The Morgan fingerprint density at radius 3 is 2.47 bits per heavy atom. The average Bonchev–Trinajstić information content (AvgIpc) is 2.67. The van der Waals surface area contributed by atoms with Crippen molar-refractivity contribution in [3.8, 4) is 5.69 Å². The van der Waals surface area contributed by atoms with Gasteiger partial charge in [0.15, 0.2) is 5.82 Å². The number of halogens is 2. The first-order valence-electron chi connectivity index (χ1n) is 4.36. The largest absolute Gasteiger partial charge is 0.399 e. The summed E-state index contributed by atoms with van der Waals surface area (Å²) in [6.45, 7) is 0. The lowest BCUT2D eigenvalue weighted by Crippen LogP contribution is -2.00. The highest BCUT2D eigenvalue weighted by molar-refractivity contribution is 5.45. The van der Waals surface area contributed by atoms with Crippen LogP contribution >= 0.6 is 0 Å². The number of hydrogen-bond donors (Lipinski definition) is 1. The Balaban J connectivity index is 2.45. The molecular weight excluding hydrogens is 200 g/mol. The van der Waals surface area contributed by atoms with Crippen molar-refractivity contribution in [2.24, 2.45) is 0 Å². The smallest absolute Gasteiger partial charge is 0.295 e. The fraction of sp³-hybridized carbons (Fsp3) is 0.100. The molecule has 1 heterocycles. The van der Waals surface area contributed by atoms with E-state index in [0.29, 0.717) is 11.4 Å². The number of nitrogens with zero attached hydrogens (tertiary/aromatic N) is 2. The molecule has 0 aliphatic rings. The maximum absolute atomic E-state index is 12.5. The number of nitrogen functional groups attached to an aromatic ring is 1. The van der Waals surface area contributed by atoms with Gasteiger partial charge >= 0.3 is 0 Å². The van der Waals surface area contributed by atoms with Gasteiger partial charge in [0.05, 0.1) is 0 Å². The van der Waals surface area contributed by atoms with E-state index in [4.69, 9.17) is 5.73 Å². The van der Waals surface area contributed by atoms with E-state index >= 15 is 0 Å². The molecule has 0 aliphatic carbocycles. The van der Waals surface area contributed by atoms with Gasteiger partial charge in [-0.25, -0.2) is 13.8 Å². The minimum atomic E-state index is -2.59. The van der Waals surface area contributed by atoms with E-state index in [0.717, 1.165) is 0 Å². The van der Waals surface area contributed by atoms with Gasteiger partial charge in [0, 0.05) is 23.8 Å². The van der Waals surface area contributed by atoms with E-state index in [1.54, 1.807) is 24.3 Å². The molecule has 1 aromatic heterocycles. The molecule has 1 aromatic carbocycles. The molecule has 0 saturated carbocycles. The number of nitrogens with two attached hydrogens (primary N) is 1. The second-order valence-electron chi connectivity index (χ2n) is 3.05. The Labute approximate surface area is 85.2 Å². The SMILES string of the molecule is Nc1ccc(-n2ccnc2C(F)F)cc1. The molecule has 2 N–H and O–H groups in total. The summed E-state index contributed by atoms with van der Waals surface area (Å²) in [7, 11) is 0. The third-order valence-electron chi connectivity index (χ3n) is 2.04. The zero-order chi connectivity index (χ0) is 10.8. The Morgan fingerprint density at radius 1 is 1.20 bits per heavy atom. The summed E-state index contributed by atoms with van der Waals surface area (Å²) < 4.78 is 26.4. The fourth-order valence-electron chi connectivity index (χ4n) is 1.33. The molecule has 2 rings (SSSR count). The first kappa shape index (κ1) is 9.64. The number of alkyl halides is 2. The van der Waals surface area contributed by atoms with Gasteiger partial charge < -0.3 is 5.73 Å². The topological polar surface area (TPSA) is 43.8 Å². The predicted octanol–water partition coefficient (Wildman–Crippen LogP) is 2.39. The first-order valence-corrected chi connectivity index (χ1v) is 4.36. The number of rotatable bonds is 2. The molecule has 0 aliphatic heterocycles. The maximum Gasteiger partial charge on any atom is 0.295 e. The van der Waals surface area contributed by atoms with E-state index in [1.165, 1.54) is 17.0 Å².